The van der Waals surface area contributed by atoms with Gasteiger partial charge in [-0.3, -0.25) is 0 Å². The van der Waals surface area contributed by atoms with Crippen molar-refractivity contribution in [1.82, 2.24) is 0 Å². The van der Waals surface area contributed by atoms with Crippen LogP contribution >= 0.6 is 0 Å². The Balaban J connectivity index is 0. The van der Waals surface area contributed by atoms with Crippen LogP contribution in [0.15, 0.2) is 0 Å². The van der Waals surface area contributed by atoms with Gasteiger partial charge in [0.15, 0.2) is 0 Å². The van der Waals surface area contributed by atoms with Gasteiger partial charge in [-0.1, -0.05) is 0 Å². The molecule has 4 heteroatoms. The molecule has 0 bridgehead atoms. The van der Waals surface area contributed by atoms with E-state index in [1.807, 2.05) is 0 Å². The van der Waals surface area contributed by atoms with Crippen LogP contribution in [0.5, 0.6) is 0 Å². The van der Waals surface area contributed by atoms with Crippen molar-refractivity contribution in [1.29, 1.82) is 0 Å². The molecule has 0 nitrogen and oxygen atoms in total. The molecule has 0 aliphatic rings. The van der Waals surface area contributed by atoms with Crippen LogP contribution in [0.25, 0.3) is 0 Å². The molecule has 0 unspecified atom stereocenters. The molecule has 0 N–H and O–H groups in total. The summed E-state index contributed by atoms with van der Waals surface area (Å²) in [6.45, 7) is 0. The summed E-state index contributed by atoms with van der Waals surface area (Å²) >= 11 is 0. The van der Waals surface area contributed by atoms with Crippen LogP contribution in [-0.2, 0) is 16.5 Å². The van der Waals surface area contributed by atoms with Gasteiger partial charge in [-0.2, -0.15) is 0 Å². The molecule has 0 saturated heterocycles. The largest absolute Gasteiger partial charge is 2.00 e. The van der Waals surface area contributed by atoms with E-state index in [4.69, 9.17) is 0 Å². The van der Waals surface area contributed by atoms with E-state index in [9.17, 15) is 0 Å². The van der Waals surface area contributed by atoms with Crippen LogP contribution in [0.1, 0.15) is 0 Å². The Morgan fingerprint density at radius 3 is 0.750 bits per heavy atom. The zero-order valence-corrected chi connectivity index (χ0v) is 6.93. The molecule has 0 aromatic carbocycles. The van der Waals surface area contributed by atoms with Gasteiger partial charge in [-0.05, 0) is 0 Å². The first-order valence-electron chi connectivity index (χ1n) is 0. The van der Waals surface area contributed by atoms with Gasteiger partial charge in [0.05, 0.1) is 0 Å². The van der Waals surface area contributed by atoms with Crippen LogP contribution < -0.4 is 24.8 Å². The second-order valence-corrected chi connectivity index (χ2v) is 0. The third-order valence-corrected chi connectivity index (χ3v) is 0. The maximum Gasteiger partial charge on any atom is 2.00 e. The minimum absolute atomic E-state index is 0. The third-order valence-electron chi connectivity index (χ3n) is 0. The zero-order valence-electron chi connectivity index (χ0n) is 1.57. The Kier molecular flexibility index (Phi) is 207. The van der Waals surface area contributed by atoms with E-state index >= 15 is 0 Å². The molecule has 0 aliphatic carbocycles. The predicted octanol–water partition coefficient (Wildman–Crippen LogP) is -6.38. The van der Waals surface area contributed by atoms with Gasteiger partial charge in [0.1, 0.15) is 0 Å². The molecule has 0 aromatic heterocycles. The normalized spacial score (nSPS) is 0. The van der Waals surface area contributed by atoms with Gasteiger partial charge in [-0.15, -0.1) is 0 Å². The Morgan fingerprint density at radius 1 is 0.750 bits per heavy atom. The standard InChI is InChI=1S/2ClH.Ni.Sn/h2*1H;;/q;;;+2/p-2. The van der Waals surface area contributed by atoms with E-state index in [2.05, 4.69) is 0 Å². The molecule has 28 valence electrons. The average molecular weight is 248 g/mol. The fourth-order valence-electron chi connectivity index (χ4n) is 0. The van der Waals surface area contributed by atoms with E-state index in [1.54, 1.807) is 0 Å². The van der Waals surface area contributed by atoms with Gasteiger partial charge in [0.25, 0.3) is 0 Å². The molecular formula is Cl2NiSn. The van der Waals surface area contributed by atoms with Crippen molar-refractivity contribution in [2.75, 3.05) is 0 Å². The van der Waals surface area contributed by atoms with Gasteiger partial charge < -0.3 is 24.8 Å². The molecule has 0 amide bonds. The minimum atomic E-state index is 0. The van der Waals surface area contributed by atoms with Gasteiger partial charge >= 0.3 is 23.9 Å². The summed E-state index contributed by atoms with van der Waals surface area (Å²) in [5.41, 5.74) is 0. The van der Waals surface area contributed by atoms with Crippen molar-refractivity contribution < 1.29 is 41.3 Å². The van der Waals surface area contributed by atoms with E-state index in [0.717, 1.165) is 0 Å². The van der Waals surface area contributed by atoms with Crippen molar-refractivity contribution in [3.05, 3.63) is 0 Å². The van der Waals surface area contributed by atoms with E-state index in [1.165, 1.54) is 0 Å². The van der Waals surface area contributed by atoms with Crippen LogP contribution in [0.4, 0.5) is 0 Å². The molecular weight excluding hydrogens is 248 g/mol. The molecule has 0 rings (SSSR count). The Labute approximate surface area is 64.8 Å². The van der Waals surface area contributed by atoms with Crippen molar-refractivity contribution in [2.24, 2.45) is 0 Å². The summed E-state index contributed by atoms with van der Waals surface area (Å²) in [6.07, 6.45) is 0. The molecule has 0 fully saturated rings. The summed E-state index contributed by atoms with van der Waals surface area (Å²) < 4.78 is 0. The SMILES string of the molecule is [Cl-].[Cl-].[Ni].[Sn+2]. The van der Waals surface area contributed by atoms with Crippen LogP contribution in [0.3, 0.4) is 0 Å². The quantitative estimate of drug-likeness (QED) is 0.374. The molecule has 0 atom stereocenters. The molecule has 0 saturated carbocycles. The number of rotatable bonds is 0. The van der Waals surface area contributed by atoms with E-state index in [-0.39, 0.29) is 65.2 Å². The topological polar surface area (TPSA) is 0 Å². The van der Waals surface area contributed by atoms with Crippen LogP contribution in [0.2, 0.25) is 0 Å². The summed E-state index contributed by atoms with van der Waals surface area (Å²) in [7, 11) is 0. The summed E-state index contributed by atoms with van der Waals surface area (Å²) in [5, 5.41) is 0. The average Bonchev–Trinajstić information content (AvgIpc) is 0. The monoisotopic (exact) mass is 248 g/mol. The van der Waals surface area contributed by atoms with Gasteiger partial charge in [-0.25, -0.2) is 0 Å². The van der Waals surface area contributed by atoms with Crippen LogP contribution in [-0.4, -0.2) is 23.9 Å². The van der Waals surface area contributed by atoms with Gasteiger partial charge in [0, 0.05) is 16.5 Å². The summed E-state index contributed by atoms with van der Waals surface area (Å²) in [4.78, 5) is 0. The number of halogens is 2. The Hall–Kier alpha value is 1.87. The molecule has 0 aromatic rings. The summed E-state index contributed by atoms with van der Waals surface area (Å²) in [5.74, 6) is 0. The zero-order chi connectivity index (χ0) is 0. The Bertz CT molecular complexity index is 6.00. The van der Waals surface area contributed by atoms with E-state index < -0.39 is 0 Å². The molecule has 0 heterocycles. The van der Waals surface area contributed by atoms with E-state index in [0.29, 0.717) is 0 Å². The van der Waals surface area contributed by atoms with Crippen molar-refractivity contribution in [2.45, 2.75) is 0 Å². The molecule has 2 radical (unpaired) electrons. The predicted molar refractivity (Wildman–Crippen MR) is 5.75 cm³/mol. The van der Waals surface area contributed by atoms with Crippen molar-refractivity contribution in [3.8, 4) is 0 Å². The fourth-order valence-corrected chi connectivity index (χ4v) is 0. The van der Waals surface area contributed by atoms with Gasteiger partial charge in [0.2, 0.25) is 0 Å². The maximum absolute atomic E-state index is 0. The molecule has 0 aliphatic heterocycles. The third kappa shape index (κ3) is 9.11. The first-order valence-corrected chi connectivity index (χ1v) is 0. The van der Waals surface area contributed by atoms with Crippen molar-refractivity contribution in [3.63, 3.8) is 0 Å². The molecule has 4 heavy (non-hydrogen) atoms. The molecule has 0 spiro atoms. The smallest absolute Gasteiger partial charge is 1.00 e. The second-order valence-electron chi connectivity index (χ2n) is 0. The first-order chi connectivity index (χ1) is 0. The second kappa shape index (κ2) is 20.8. The van der Waals surface area contributed by atoms with Crippen LogP contribution in [0, 0.1) is 0 Å². The fraction of sp³-hybridized carbons (Fsp3) is 0. The number of hydrogen-bond donors (Lipinski definition) is 0. The minimum Gasteiger partial charge on any atom is -1.00 e. The Morgan fingerprint density at radius 2 is 0.750 bits per heavy atom. The maximum atomic E-state index is 0. The van der Waals surface area contributed by atoms with Crippen molar-refractivity contribution >= 4 is 23.9 Å². The first kappa shape index (κ1) is 39.8. The summed E-state index contributed by atoms with van der Waals surface area (Å²) in [6, 6.07) is 0. The number of hydrogen-bond acceptors (Lipinski definition) is 0.